The molecule has 6 nitrogen and oxygen atoms in total. The Kier molecular flexibility index (Phi) is 5.71. The number of anilines is 1. The summed E-state index contributed by atoms with van der Waals surface area (Å²) in [6.45, 7) is 0. The van der Waals surface area contributed by atoms with Gasteiger partial charge in [0.15, 0.2) is 0 Å². The normalized spacial score (nSPS) is 10.3. The molecule has 0 heterocycles. The quantitative estimate of drug-likeness (QED) is 0.666. The van der Waals surface area contributed by atoms with Gasteiger partial charge in [0.05, 0.1) is 23.9 Å². The minimum atomic E-state index is -0.663. The summed E-state index contributed by atoms with van der Waals surface area (Å²) < 4.78 is 4.39. The lowest BCUT2D eigenvalue weighted by molar-refractivity contribution is 0.102. The van der Waals surface area contributed by atoms with Gasteiger partial charge in [0, 0.05) is 5.69 Å². The molecule has 0 fully saturated rings. The number of carbonyl (C=O) groups excluding carboxylic acids is 2. The molecular formula is C16H14ClN3O3. The lowest BCUT2D eigenvalue weighted by atomic mass is 10.2. The van der Waals surface area contributed by atoms with Crippen LogP contribution in [0.15, 0.2) is 53.6 Å². The lowest BCUT2D eigenvalue weighted by Crippen LogP contribution is -2.16. The van der Waals surface area contributed by atoms with Crippen molar-refractivity contribution >= 4 is 35.5 Å². The van der Waals surface area contributed by atoms with Gasteiger partial charge in [-0.1, -0.05) is 35.9 Å². The van der Waals surface area contributed by atoms with E-state index >= 15 is 0 Å². The molecule has 0 saturated heterocycles. The van der Waals surface area contributed by atoms with E-state index in [0.29, 0.717) is 21.8 Å². The number of benzene rings is 2. The molecule has 2 aromatic carbocycles. The summed E-state index contributed by atoms with van der Waals surface area (Å²) in [5.41, 5.74) is 3.84. The number of hydrogen-bond acceptors (Lipinski definition) is 4. The van der Waals surface area contributed by atoms with Crippen molar-refractivity contribution in [1.29, 1.82) is 0 Å². The molecule has 2 rings (SSSR count). The van der Waals surface area contributed by atoms with Crippen LogP contribution in [0.2, 0.25) is 5.02 Å². The first-order valence-electron chi connectivity index (χ1n) is 6.63. The fraction of sp³-hybridized carbons (Fsp3) is 0.0625. The van der Waals surface area contributed by atoms with Crippen LogP contribution in [0.1, 0.15) is 15.9 Å². The molecule has 2 N–H and O–H groups in total. The average molecular weight is 332 g/mol. The second-order valence-corrected chi connectivity index (χ2v) is 4.83. The number of hydrogen-bond donors (Lipinski definition) is 2. The molecule has 23 heavy (non-hydrogen) atoms. The molecule has 0 atom stereocenters. The largest absolute Gasteiger partial charge is 0.452 e. The Morgan fingerprint density at radius 3 is 2.70 bits per heavy atom. The van der Waals surface area contributed by atoms with Gasteiger partial charge in [0.1, 0.15) is 0 Å². The number of ether oxygens (including phenoxy) is 1. The Morgan fingerprint density at radius 2 is 1.96 bits per heavy atom. The molecule has 118 valence electrons. The van der Waals surface area contributed by atoms with Crippen LogP contribution >= 0.6 is 11.6 Å². The Labute approximate surface area is 138 Å². The second kappa shape index (κ2) is 7.95. The monoisotopic (exact) mass is 331 g/mol. The van der Waals surface area contributed by atoms with Crippen LogP contribution in [0, 0.1) is 0 Å². The summed E-state index contributed by atoms with van der Waals surface area (Å²) in [4.78, 5) is 23.1. The third-order valence-corrected chi connectivity index (χ3v) is 3.15. The van der Waals surface area contributed by atoms with Crippen LogP contribution in [-0.4, -0.2) is 25.3 Å². The highest BCUT2D eigenvalue weighted by Crippen LogP contribution is 2.17. The lowest BCUT2D eigenvalue weighted by Gasteiger charge is -2.07. The van der Waals surface area contributed by atoms with Crippen LogP contribution in [0.3, 0.4) is 0 Å². The number of methoxy groups -OCH3 is 1. The minimum absolute atomic E-state index is 0.308. The molecular weight excluding hydrogens is 318 g/mol. The van der Waals surface area contributed by atoms with Crippen molar-refractivity contribution < 1.29 is 14.3 Å². The number of rotatable bonds is 4. The minimum Gasteiger partial charge on any atom is -0.452 e. The molecule has 0 spiro atoms. The number of halogens is 1. The number of nitrogens with zero attached hydrogens (tertiary/aromatic N) is 1. The summed E-state index contributed by atoms with van der Waals surface area (Å²) >= 11 is 5.99. The van der Waals surface area contributed by atoms with Gasteiger partial charge in [-0.05, 0) is 29.8 Å². The third-order valence-electron chi connectivity index (χ3n) is 2.82. The summed E-state index contributed by atoms with van der Waals surface area (Å²) in [6.07, 6.45) is 0.770. The Balaban J connectivity index is 2.07. The van der Waals surface area contributed by atoms with E-state index in [9.17, 15) is 9.59 Å². The maximum absolute atomic E-state index is 12.2. The van der Waals surface area contributed by atoms with Gasteiger partial charge in [-0.3, -0.25) is 4.79 Å². The van der Waals surface area contributed by atoms with Crippen molar-refractivity contribution in [2.45, 2.75) is 0 Å². The van der Waals surface area contributed by atoms with Crippen molar-refractivity contribution in [2.24, 2.45) is 5.10 Å². The molecule has 0 bridgehead atoms. The van der Waals surface area contributed by atoms with Crippen LogP contribution in [0.5, 0.6) is 0 Å². The molecule has 0 aliphatic heterocycles. The molecule has 0 saturated carbocycles. The van der Waals surface area contributed by atoms with E-state index in [4.69, 9.17) is 11.6 Å². The summed E-state index contributed by atoms with van der Waals surface area (Å²) in [5, 5.41) is 6.85. The van der Waals surface area contributed by atoms with E-state index in [1.165, 1.54) is 13.3 Å². The molecule has 0 aliphatic rings. The van der Waals surface area contributed by atoms with Crippen molar-refractivity contribution in [3.63, 3.8) is 0 Å². The van der Waals surface area contributed by atoms with E-state index in [-0.39, 0.29) is 5.91 Å². The summed E-state index contributed by atoms with van der Waals surface area (Å²) in [6, 6.07) is 13.8. The number of hydrazone groups is 1. The fourth-order valence-electron chi connectivity index (χ4n) is 1.75. The molecule has 0 radical (unpaired) electrons. The highest BCUT2D eigenvalue weighted by molar-refractivity contribution is 6.34. The first kappa shape index (κ1) is 16.5. The van der Waals surface area contributed by atoms with E-state index in [0.717, 1.165) is 0 Å². The van der Waals surface area contributed by atoms with Crippen LogP contribution in [-0.2, 0) is 4.74 Å². The number of carbonyl (C=O) groups is 2. The van der Waals surface area contributed by atoms with Gasteiger partial charge >= 0.3 is 6.09 Å². The zero-order valence-electron chi connectivity index (χ0n) is 12.2. The van der Waals surface area contributed by atoms with E-state index in [1.54, 1.807) is 48.5 Å². The van der Waals surface area contributed by atoms with Crippen molar-refractivity contribution in [1.82, 2.24) is 5.43 Å². The maximum Gasteiger partial charge on any atom is 0.427 e. The predicted molar refractivity (Wildman–Crippen MR) is 89.0 cm³/mol. The SMILES string of the molecule is COC(=O)N/N=C\c1cccc(NC(=O)c2ccccc2Cl)c1. The number of nitrogens with one attached hydrogen (secondary N) is 2. The highest BCUT2D eigenvalue weighted by atomic mass is 35.5. The highest BCUT2D eigenvalue weighted by Gasteiger charge is 2.09. The molecule has 0 unspecified atom stereocenters. The predicted octanol–water partition coefficient (Wildman–Crippen LogP) is 3.28. The Bertz CT molecular complexity index is 747. The van der Waals surface area contributed by atoms with Crippen molar-refractivity contribution in [3.05, 3.63) is 64.7 Å². The van der Waals surface area contributed by atoms with E-state index < -0.39 is 6.09 Å². The first-order chi connectivity index (χ1) is 11.1. The van der Waals surface area contributed by atoms with Crippen LogP contribution in [0.25, 0.3) is 0 Å². The van der Waals surface area contributed by atoms with E-state index in [2.05, 4.69) is 20.6 Å². The molecule has 7 heteroatoms. The zero-order chi connectivity index (χ0) is 16.7. The fourth-order valence-corrected chi connectivity index (χ4v) is 1.97. The first-order valence-corrected chi connectivity index (χ1v) is 7.01. The van der Waals surface area contributed by atoms with Gasteiger partial charge in [0.2, 0.25) is 0 Å². The third kappa shape index (κ3) is 4.82. The van der Waals surface area contributed by atoms with Gasteiger partial charge in [-0.25, -0.2) is 10.2 Å². The summed E-state index contributed by atoms with van der Waals surface area (Å²) in [7, 11) is 1.25. The topological polar surface area (TPSA) is 79.8 Å². The van der Waals surface area contributed by atoms with Gasteiger partial charge in [-0.15, -0.1) is 0 Å². The van der Waals surface area contributed by atoms with Gasteiger partial charge in [-0.2, -0.15) is 5.10 Å². The second-order valence-electron chi connectivity index (χ2n) is 4.42. The van der Waals surface area contributed by atoms with Crippen molar-refractivity contribution in [3.8, 4) is 0 Å². The molecule has 0 aromatic heterocycles. The van der Waals surface area contributed by atoms with Gasteiger partial charge < -0.3 is 10.1 Å². The summed E-state index contributed by atoms with van der Waals surface area (Å²) in [5.74, 6) is -0.308. The van der Waals surface area contributed by atoms with Gasteiger partial charge in [0.25, 0.3) is 5.91 Å². The molecule has 2 aromatic rings. The number of amides is 2. The molecule has 2 amide bonds. The average Bonchev–Trinajstić information content (AvgIpc) is 2.55. The van der Waals surface area contributed by atoms with Crippen LogP contribution in [0.4, 0.5) is 10.5 Å². The standard InChI is InChI=1S/C16H14ClN3O3/c1-23-16(22)20-18-10-11-5-4-6-12(9-11)19-15(21)13-7-2-3-8-14(13)17/h2-10H,1H3,(H,19,21)(H,20,22)/b18-10-. The molecule has 0 aliphatic carbocycles. The maximum atomic E-state index is 12.2. The Morgan fingerprint density at radius 1 is 1.17 bits per heavy atom. The Hall–Kier alpha value is -2.86. The van der Waals surface area contributed by atoms with E-state index in [1.807, 2.05) is 0 Å². The smallest absolute Gasteiger partial charge is 0.427 e. The van der Waals surface area contributed by atoms with Crippen molar-refractivity contribution in [2.75, 3.05) is 12.4 Å². The zero-order valence-corrected chi connectivity index (χ0v) is 13.0. The van der Waals surface area contributed by atoms with Crippen LogP contribution < -0.4 is 10.7 Å².